The van der Waals surface area contributed by atoms with Crippen molar-refractivity contribution in [2.45, 2.75) is 6.92 Å². The minimum atomic E-state index is -0.260. The van der Waals surface area contributed by atoms with Gasteiger partial charge in [-0.25, -0.2) is 0 Å². The molecule has 0 aliphatic heterocycles. The number of rotatable bonds is 3. The van der Waals surface area contributed by atoms with Crippen LogP contribution in [0, 0.1) is 6.92 Å². The highest BCUT2D eigenvalue weighted by atomic mass is 32.1. The van der Waals surface area contributed by atoms with Crippen molar-refractivity contribution in [3.8, 4) is 0 Å². The molecule has 0 saturated heterocycles. The molecule has 106 valence electrons. The number of benzene rings is 2. The standard InChI is InChI=1S/C17H16N2OS/c1-13-7-9-14(10-8-13)11-12-16(20)19-17(21)18-15-5-3-2-4-6-15/h2-12H,1H3,(H2,18,19,20,21). The lowest BCUT2D eigenvalue weighted by molar-refractivity contribution is -0.115. The van der Waals surface area contributed by atoms with Crippen molar-refractivity contribution in [2.24, 2.45) is 0 Å². The van der Waals surface area contributed by atoms with E-state index in [0.29, 0.717) is 0 Å². The van der Waals surface area contributed by atoms with E-state index in [1.54, 1.807) is 6.08 Å². The summed E-state index contributed by atoms with van der Waals surface area (Å²) >= 11 is 5.08. The highest BCUT2D eigenvalue weighted by Gasteiger charge is 2.00. The molecule has 0 fully saturated rings. The lowest BCUT2D eigenvalue weighted by Gasteiger charge is -2.07. The fourth-order valence-corrected chi connectivity index (χ4v) is 1.91. The summed E-state index contributed by atoms with van der Waals surface area (Å²) in [7, 11) is 0. The third kappa shape index (κ3) is 5.20. The Kier molecular flexibility index (Phi) is 5.23. The second-order valence-corrected chi connectivity index (χ2v) is 4.96. The van der Waals surface area contributed by atoms with Gasteiger partial charge in [-0.05, 0) is 42.9 Å². The van der Waals surface area contributed by atoms with Crippen molar-refractivity contribution in [2.75, 3.05) is 5.32 Å². The number of thiocarbonyl (C=S) groups is 1. The summed E-state index contributed by atoms with van der Waals surface area (Å²) in [5.74, 6) is -0.260. The van der Waals surface area contributed by atoms with Crippen molar-refractivity contribution in [1.82, 2.24) is 5.32 Å². The third-order valence-electron chi connectivity index (χ3n) is 2.77. The van der Waals surface area contributed by atoms with Crippen molar-refractivity contribution >= 4 is 35.0 Å². The van der Waals surface area contributed by atoms with E-state index >= 15 is 0 Å². The highest BCUT2D eigenvalue weighted by molar-refractivity contribution is 7.80. The topological polar surface area (TPSA) is 41.1 Å². The molecule has 0 radical (unpaired) electrons. The van der Waals surface area contributed by atoms with Gasteiger partial charge in [0.2, 0.25) is 5.91 Å². The first kappa shape index (κ1) is 14.9. The summed E-state index contributed by atoms with van der Waals surface area (Å²) in [5, 5.41) is 5.83. The minimum absolute atomic E-state index is 0.260. The quantitative estimate of drug-likeness (QED) is 0.672. The van der Waals surface area contributed by atoms with Gasteiger partial charge >= 0.3 is 0 Å². The van der Waals surface area contributed by atoms with Gasteiger partial charge in [0, 0.05) is 11.8 Å². The van der Waals surface area contributed by atoms with E-state index in [4.69, 9.17) is 12.2 Å². The van der Waals surface area contributed by atoms with Crippen LogP contribution in [-0.4, -0.2) is 11.0 Å². The molecule has 0 bridgehead atoms. The van der Waals surface area contributed by atoms with Crippen LogP contribution < -0.4 is 10.6 Å². The van der Waals surface area contributed by atoms with E-state index in [2.05, 4.69) is 10.6 Å². The molecule has 21 heavy (non-hydrogen) atoms. The van der Waals surface area contributed by atoms with Crippen LogP contribution in [0.1, 0.15) is 11.1 Å². The average Bonchev–Trinajstić information content (AvgIpc) is 2.47. The second-order valence-electron chi connectivity index (χ2n) is 4.55. The van der Waals surface area contributed by atoms with Crippen LogP contribution in [0.3, 0.4) is 0 Å². The number of aryl methyl sites for hydroxylation is 1. The molecular weight excluding hydrogens is 280 g/mol. The van der Waals surface area contributed by atoms with Gasteiger partial charge in [0.25, 0.3) is 0 Å². The number of anilines is 1. The molecule has 2 N–H and O–H groups in total. The molecule has 3 nitrogen and oxygen atoms in total. The van der Waals surface area contributed by atoms with Crippen LogP contribution in [0.2, 0.25) is 0 Å². The van der Waals surface area contributed by atoms with Crippen LogP contribution in [-0.2, 0) is 4.79 Å². The molecule has 0 atom stereocenters. The summed E-state index contributed by atoms with van der Waals surface area (Å²) in [4.78, 5) is 11.8. The molecule has 0 heterocycles. The van der Waals surface area contributed by atoms with Crippen LogP contribution >= 0.6 is 12.2 Å². The molecule has 4 heteroatoms. The number of hydrogen-bond donors (Lipinski definition) is 2. The smallest absolute Gasteiger partial charge is 0.250 e. The van der Waals surface area contributed by atoms with Gasteiger partial charge in [-0.1, -0.05) is 48.0 Å². The van der Waals surface area contributed by atoms with E-state index < -0.39 is 0 Å². The molecule has 0 aromatic heterocycles. The van der Waals surface area contributed by atoms with Gasteiger partial charge in [0.05, 0.1) is 0 Å². The average molecular weight is 296 g/mol. The first-order valence-corrected chi connectivity index (χ1v) is 6.96. The summed E-state index contributed by atoms with van der Waals surface area (Å²) in [6, 6.07) is 17.4. The minimum Gasteiger partial charge on any atom is -0.332 e. The van der Waals surface area contributed by atoms with Crippen molar-refractivity contribution in [3.05, 3.63) is 71.8 Å². The fourth-order valence-electron chi connectivity index (χ4n) is 1.69. The SMILES string of the molecule is Cc1ccc(C=CC(=O)NC(=S)Nc2ccccc2)cc1. The Morgan fingerprint density at radius 2 is 1.71 bits per heavy atom. The fraction of sp³-hybridized carbons (Fsp3) is 0.0588. The second kappa shape index (κ2) is 7.36. The lowest BCUT2D eigenvalue weighted by atomic mass is 10.1. The van der Waals surface area contributed by atoms with Gasteiger partial charge in [0.15, 0.2) is 5.11 Å². The monoisotopic (exact) mass is 296 g/mol. The van der Waals surface area contributed by atoms with E-state index in [0.717, 1.165) is 11.3 Å². The molecular formula is C17H16N2OS. The van der Waals surface area contributed by atoms with Crippen molar-refractivity contribution < 1.29 is 4.79 Å². The molecule has 0 saturated carbocycles. The first-order valence-electron chi connectivity index (χ1n) is 6.55. The molecule has 2 aromatic carbocycles. The maximum atomic E-state index is 11.8. The maximum absolute atomic E-state index is 11.8. The van der Waals surface area contributed by atoms with Crippen LogP contribution in [0.5, 0.6) is 0 Å². The Balaban J connectivity index is 1.86. The molecule has 2 aromatic rings. The molecule has 0 aliphatic rings. The summed E-state index contributed by atoms with van der Waals surface area (Å²) in [5.41, 5.74) is 2.99. The zero-order valence-corrected chi connectivity index (χ0v) is 12.5. The Labute approximate surface area is 129 Å². The van der Waals surface area contributed by atoms with Gasteiger partial charge in [-0.3, -0.25) is 10.1 Å². The molecule has 2 rings (SSSR count). The molecule has 0 spiro atoms. The van der Waals surface area contributed by atoms with Gasteiger partial charge in [-0.2, -0.15) is 0 Å². The largest absolute Gasteiger partial charge is 0.332 e. The zero-order valence-electron chi connectivity index (χ0n) is 11.7. The normalized spacial score (nSPS) is 10.3. The van der Waals surface area contributed by atoms with E-state index in [9.17, 15) is 4.79 Å². The number of amides is 1. The Hall–Kier alpha value is -2.46. The van der Waals surface area contributed by atoms with Crippen LogP contribution in [0.25, 0.3) is 6.08 Å². The lowest BCUT2D eigenvalue weighted by Crippen LogP contribution is -2.32. The maximum Gasteiger partial charge on any atom is 0.250 e. The van der Waals surface area contributed by atoms with Gasteiger partial charge in [0.1, 0.15) is 0 Å². The Morgan fingerprint density at radius 3 is 2.38 bits per heavy atom. The zero-order chi connectivity index (χ0) is 15.1. The predicted octanol–water partition coefficient (Wildman–Crippen LogP) is 3.52. The number of carbonyl (C=O) groups is 1. The first-order chi connectivity index (χ1) is 10.1. The summed E-state index contributed by atoms with van der Waals surface area (Å²) < 4.78 is 0. The van der Waals surface area contributed by atoms with E-state index in [1.165, 1.54) is 11.6 Å². The molecule has 0 unspecified atom stereocenters. The van der Waals surface area contributed by atoms with Crippen molar-refractivity contribution in [1.29, 1.82) is 0 Å². The number of nitrogens with one attached hydrogen (secondary N) is 2. The number of hydrogen-bond acceptors (Lipinski definition) is 2. The summed E-state index contributed by atoms with van der Waals surface area (Å²) in [6.07, 6.45) is 3.21. The summed E-state index contributed by atoms with van der Waals surface area (Å²) in [6.45, 7) is 2.02. The van der Waals surface area contributed by atoms with Gasteiger partial charge in [-0.15, -0.1) is 0 Å². The number of carbonyl (C=O) groups excluding carboxylic acids is 1. The van der Waals surface area contributed by atoms with E-state index in [1.807, 2.05) is 61.5 Å². The third-order valence-corrected chi connectivity index (χ3v) is 2.98. The van der Waals surface area contributed by atoms with Crippen molar-refractivity contribution in [3.63, 3.8) is 0 Å². The predicted molar refractivity (Wildman–Crippen MR) is 91.0 cm³/mol. The Bertz CT molecular complexity index is 648. The van der Waals surface area contributed by atoms with Crippen LogP contribution in [0.4, 0.5) is 5.69 Å². The Morgan fingerprint density at radius 1 is 1.05 bits per heavy atom. The highest BCUT2D eigenvalue weighted by Crippen LogP contribution is 2.05. The number of para-hydroxylation sites is 1. The molecule has 0 aliphatic carbocycles. The van der Waals surface area contributed by atoms with Gasteiger partial charge < -0.3 is 5.32 Å². The van der Waals surface area contributed by atoms with Crippen LogP contribution in [0.15, 0.2) is 60.7 Å². The van der Waals surface area contributed by atoms with E-state index in [-0.39, 0.29) is 11.0 Å². The molecule has 1 amide bonds.